The van der Waals surface area contributed by atoms with Crippen LogP contribution < -0.4 is 10.6 Å². The normalized spacial score (nSPS) is 10.7. The van der Waals surface area contributed by atoms with Gasteiger partial charge < -0.3 is 19.9 Å². The van der Waals surface area contributed by atoms with Crippen LogP contribution in [0.15, 0.2) is 29.4 Å². The van der Waals surface area contributed by atoms with Gasteiger partial charge in [0.05, 0.1) is 29.3 Å². The molecule has 1 aromatic carbocycles. The number of nitrogens with zero attached hydrogens (tertiary/aromatic N) is 3. The number of carbonyl (C=O) groups excluding carboxylic acids is 4. The molecule has 0 saturated heterocycles. The zero-order chi connectivity index (χ0) is 26.4. The number of benzene rings is 1. The summed E-state index contributed by atoms with van der Waals surface area (Å²) < 4.78 is 6.79. The van der Waals surface area contributed by atoms with Crippen molar-refractivity contribution >= 4 is 51.7 Å². The highest BCUT2D eigenvalue weighted by molar-refractivity contribution is 7.99. The summed E-state index contributed by atoms with van der Waals surface area (Å²) in [5.41, 5.74) is 2.14. The van der Waals surface area contributed by atoms with Gasteiger partial charge in [0.15, 0.2) is 16.8 Å². The molecular formula is C24H27N5O5S2. The van der Waals surface area contributed by atoms with Crippen LogP contribution in [0.25, 0.3) is 0 Å². The van der Waals surface area contributed by atoms with Gasteiger partial charge in [-0.25, -0.2) is 4.79 Å². The molecule has 0 aliphatic heterocycles. The number of hydrogen-bond donors (Lipinski definition) is 2. The average Bonchev–Trinajstić information content (AvgIpc) is 3.35. The zero-order valence-corrected chi connectivity index (χ0v) is 22.3. The van der Waals surface area contributed by atoms with E-state index in [1.165, 1.54) is 6.92 Å². The maximum absolute atomic E-state index is 12.7. The molecule has 0 atom stereocenters. The van der Waals surface area contributed by atoms with Crippen LogP contribution in [0.4, 0.5) is 5.00 Å². The van der Waals surface area contributed by atoms with Crippen molar-refractivity contribution in [2.45, 2.75) is 39.4 Å². The van der Waals surface area contributed by atoms with Crippen LogP contribution >= 0.6 is 23.1 Å². The summed E-state index contributed by atoms with van der Waals surface area (Å²) in [6.45, 7) is 6.96. The fraction of sp³-hybridized carbons (Fsp3) is 0.333. The van der Waals surface area contributed by atoms with Crippen LogP contribution in [0.5, 0.6) is 0 Å². The Bertz CT molecular complexity index is 1310. The molecule has 2 heterocycles. The van der Waals surface area contributed by atoms with Gasteiger partial charge in [-0.15, -0.1) is 21.5 Å². The van der Waals surface area contributed by atoms with Crippen molar-refractivity contribution < 1.29 is 23.9 Å². The van der Waals surface area contributed by atoms with E-state index in [-0.39, 0.29) is 47.1 Å². The van der Waals surface area contributed by atoms with Crippen LogP contribution in [0.3, 0.4) is 0 Å². The number of thiophene rings is 1. The molecule has 3 rings (SSSR count). The Morgan fingerprint density at radius 3 is 2.53 bits per heavy atom. The van der Waals surface area contributed by atoms with E-state index in [4.69, 9.17) is 4.74 Å². The molecule has 0 saturated carbocycles. The first-order valence-corrected chi connectivity index (χ1v) is 12.9. The minimum atomic E-state index is -0.590. The van der Waals surface area contributed by atoms with E-state index in [0.717, 1.165) is 28.7 Å². The predicted octanol–water partition coefficient (Wildman–Crippen LogP) is 3.53. The van der Waals surface area contributed by atoms with Gasteiger partial charge in [-0.2, -0.15) is 0 Å². The molecule has 0 aliphatic rings. The number of nitrogens with one attached hydrogen (secondary N) is 2. The highest BCUT2D eigenvalue weighted by atomic mass is 32.2. The predicted molar refractivity (Wildman–Crippen MR) is 138 cm³/mol. The number of Topliss-reactive ketones (excluding diaryl/α,β-unsaturated/α-hetero) is 1. The van der Waals surface area contributed by atoms with Crippen molar-refractivity contribution in [1.29, 1.82) is 0 Å². The molecule has 0 unspecified atom stereocenters. The maximum atomic E-state index is 12.7. The van der Waals surface area contributed by atoms with Gasteiger partial charge in [-0.1, -0.05) is 30.0 Å². The Morgan fingerprint density at radius 1 is 1.14 bits per heavy atom. The lowest BCUT2D eigenvalue weighted by Crippen LogP contribution is -2.25. The quantitative estimate of drug-likeness (QED) is 0.232. The fourth-order valence-corrected chi connectivity index (χ4v) is 5.22. The average molecular weight is 530 g/mol. The second-order valence-corrected chi connectivity index (χ2v) is 9.79. The number of aromatic nitrogens is 3. The van der Waals surface area contributed by atoms with Crippen molar-refractivity contribution in [3.8, 4) is 0 Å². The molecule has 10 nitrogen and oxygen atoms in total. The number of ether oxygens (including phenoxy) is 1. The van der Waals surface area contributed by atoms with Crippen LogP contribution in [0, 0.1) is 13.8 Å². The summed E-state index contributed by atoms with van der Waals surface area (Å²) in [6.07, 6.45) is 0. The molecule has 2 N–H and O–H groups in total. The van der Waals surface area contributed by atoms with Gasteiger partial charge in [0.25, 0.3) is 5.91 Å². The number of ketones is 1. The van der Waals surface area contributed by atoms with E-state index < -0.39 is 5.97 Å². The Balaban J connectivity index is 1.63. The minimum Gasteiger partial charge on any atom is -0.462 e. The number of amides is 2. The molecule has 36 heavy (non-hydrogen) atoms. The third-order valence-corrected chi connectivity index (χ3v) is 7.58. The first-order valence-electron chi connectivity index (χ1n) is 11.1. The molecule has 0 radical (unpaired) electrons. The van der Waals surface area contributed by atoms with E-state index >= 15 is 0 Å². The van der Waals surface area contributed by atoms with Gasteiger partial charge in [0.2, 0.25) is 5.91 Å². The molecule has 0 fully saturated rings. The highest BCUT2D eigenvalue weighted by Gasteiger charge is 2.25. The summed E-state index contributed by atoms with van der Waals surface area (Å²) in [5, 5.41) is 14.5. The number of rotatable bonds is 10. The van der Waals surface area contributed by atoms with Gasteiger partial charge in [0, 0.05) is 12.6 Å². The number of carbonyl (C=O) groups is 4. The second kappa shape index (κ2) is 12.0. The Kier molecular flexibility index (Phi) is 8.99. The maximum Gasteiger partial charge on any atom is 0.341 e. The molecular weight excluding hydrogens is 502 g/mol. The van der Waals surface area contributed by atoms with Gasteiger partial charge in [0.1, 0.15) is 5.00 Å². The lowest BCUT2D eigenvalue weighted by atomic mass is 10.1. The molecule has 2 aromatic heterocycles. The van der Waals surface area contributed by atoms with Crippen molar-refractivity contribution in [1.82, 2.24) is 20.1 Å². The second-order valence-electron chi connectivity index (χ2n) is 7.83. The molecule has 3 aromatic rings. The summed E-state index contributed by atoms with van der Waals surface area (Å²) in [5.74, 6) is -0.843. The molecule has 2 amide bonds. The van der Waals surface area contributed by atoms with Gasteiger partial charge in [-0.3, -0.25) is 14.4 Å². The zero-order valence-electron chi connectivity index (χ0n) is 20.6. The van der Waals surface area contributed by atoms with Crippen molar-refractivity contribution in [3.05, 3.63) is 57.2 Å². The third-order valence-electron chi connectivity index (χ3n) is 5.25. The van der Waals surface area contributed by atoms with Gasteiger partial charge >= 0.3 is 5.97 Å². The van der Waals surface area contributed by atoms with Crippen molar-refractivity contribution in [2.75, 3.05) is 17.7 Å². The Labute approximate surface area is 216 Å². The smallest absolute Gasteiger partial charge is 0.341 e. The van der Waals surface area contributed by atoms with E-state index in [1.807, 2.05) is 19.1 Å². The Morgan fingerprint density at radius 2 is 1.86 bits per heavy atom. The Hall–Kier alpha value is -3.51. The highest BCUT2D eigenvalue weighted by Crippen LogP contribution is 2.34. The van der Waals surface area contributed by atoms with E-state index in [0.29, 0.717) is 27.0 Å². The molecule has 190 valence electrons. The first kappa shape index (κ1) is 27.1. The summed E-state index contributed by atoms with van der Waals surface area (Å²) in [6, 6.07) is 7.29. The molecule has 0 bridgehead atoms. The van der Waals surface area contributed by atoms with Gasteiger partial charge in [-0.05, 0) is 44.9 Å². The van der Waals surface area contributed by atoms with Crippen LogP contribution in [-0.2, 0) is 23.1 Å². The fourth-order valence-electron chi connectivity index (χ4n) is 3.39. The lowest BCUT2D eigenvalue weighted by molar-refractivity contribution is -0.113. The topological polar surface area (TPSA) is 132 Å². The van der Waals surface area contributed by atoms with Crippen LogP contribution in [0.2, 0.25) is 0 Å². The SMILES string of the molecule is CCOC(=O)c1c(NC(=O)CSc2nnc(CNC(=O)c3ccccc3C)n2C)sc(C(C)=O)c1C. The number of anilines is 1. The summed E-state index contributed by atoms with van der Waals surface area (Å²) in [4.78, 5) is 49.9. The molecule has 12 heteroatoms. The number of hydrogen-bond acceptors (Lipinski definition) is 9. The standard InChI is InChI=1S/C24H27N5O5S2/c1-6-34-23(33)19-14(3)20(15(4)30)36-22(19)26-18(31)12-35-24-28-27-17(29(24)5)11-25-21(32)16-10-8-7-9-13(16)2/h7-10H,6,11-12H2,1-5H3,(H,25,32)(H,26,31). The van der Waals surface area contributed by atoms with Crippen LogP contribution in [0.1, 0.15) is 61.2 Å². The minimum absolute atomic E-state index is 0.00381. The largest absolute Gasteiger partial charge is 0.462 e. The number of thioether (sulfide) groups is 1. The molecule has 0 spiro atoms. The van der Waals surface area contributed by atoms with Crippen molar-refractivity contribution in [3.63, 3.8) is 0 Å². The summed E-state index contributed by atoms with van der Waals surface area (Å²) in [7, 11) is 1.75. The number of esters is 1. The van der Waals surface area contributed by atoms with E-state index in [9.17, 15) is 19.2 Å². The lowest BCUT2D eigenvalue weighted by Gasteiger charge is -2.08. The van der Waals surface area contributed by atoms with Crippen molar-refractivity contribution in [2.24, 2.45) is 7.05 Å². The third kappa shape index (κ3) is 6.18. The first-order chi connectivity index (χ1) is 17.1. The van der Waals surface area contributed by atoms with E-state index in [1.54, 1.807) is 37.6 Å². The van der Waals surface area contributed by atoms with E-state index in [2.05, 4.69) is 20.8 Å². The summed E-state index contributed by atoms with van der Waals surface area (Å²) >= 11 is 2.21. The van der Waals surface area contributed by atoms with Crippen LogP contribution in [-0.4, -0.2) is 50.7 Å². The number of aryl methyl sites for hydroxylation is 1. The monoisotopic (exact) mass is 529 g/mol. The molecule has 0 aliphatic carbocycles.